The highest BCUT2D eigenvalue weighted by Crippen LogP contribution is 2.20. The Labute approximate surface area is 140 Å². The lowest BCUT2D eigenvalue weighted by Crippen LogP contribution is -2.31. The minimum Gasteiger partial charge on any atom is -0.396 e. The van der Waals surface area contributed by atoms with E-state index in [-0.39, 0.29) is 12.6 Å². The molecule has 2 atom stereocenters. The van der Waals surface area contributed by atoms with Crippen LogP contribution in [0.5, 0.6) is 0 Å². The molecule has 2 N–H and O–H groups in total. The van der Waals surface area contributed by atoms with Gasteiger partial charge in [0.25, 0.3) is 0 Å². The van der Waals surface area contributed by atoms with Crippen LogP contribution in [0.4, 0.5) is 0 Å². The maximum Gasteiger partial charge on any atom is 0.243 e. The lowest BCUT2D eigenvalue weighted by atomic mass is 10.1. The molecule has 0 spiro atoms. The van der Waals surface area contributed by atoms with E-state index in [9.17, 15) is 8.42 Å². The zero-order valence-electron chi connectivity index (χ0n) is 14.6. The smallest absolute Gasteiger partial charge is 0.243 e. The van der Waals surface area contributed by atoms with Crippen LogP contribution in [0.15, 0.2) is 29.2 Å². The number of hydrogen-bond donors (Lipinski definition) is 2. The van der Waals surface area contributed by atoms with Gasteiger partial charge in [0.05, 0.1) is 4.90 Å². The van der Waals surface area contributed by atoms with Crippen LogP contribution in [0.2, 0.25) is 0 Å². The van der Waals surface area contributed by atoms with Gasteiger partial charge < -0.3 is 10.4 Å². The predicted octanol–water partition coefficient (Wildman–Crippen LogP) is 2.53. The highest BCUT2D eigenvalue weighted by Gasteiger charge is 2.21. The standard InChI is InChI=1S/C17H30N2O3S/c1-5-19(6-2)23(21,22)17-11-9-16(10-12-17)15(4)18-14(3)8-7-13-20/h9-12,14-15,18,20H,5-8,13H2,1-4H3/t14-,15+/m1/s1. The fourth-order valence-corrected chi connectivity index (χ4v) is 4.10. The maximum atomic E-state index is 12.5. The topological polar surface area (TPSA) is 69.6 Å². The summed E-state index contributed by atoms with van der Waals surface area (Å²) >= 11 is 0. The van der Waals surface area contributed by atoms with E-state index in [1.54, 1.807) is 12.1 Å². The Morgan fingerprint density at radius 3 is 2.17 bits per heavy atom. The largest absolute Gasteiger partial charge is 0.396 e. The summed E-state index contributed by atoms with van der Waals surface area (Å²) in [5.41, 5.74) is 1.05. The molecule has 0 aromatic heterocycles. The number of rotatable bonds is 10. The minimum atomic E-state index is -3.39. The quantitative estimate of drug-likeness (QED) is 0.685. The second-order valence-corrected chi connectivity index (χ2v) is 7.75. The van der Waals surface area contributed by atoms with Crippen molar-refractivity contribution in [3.05, 3.63) is 29.8 Å². The normalized spacial score (nSPS) is 14.9. The van der Waals surface area contributed by atoms with Gasteiger partial charge in [-0.2, -0.15) is 4.31 Å². The summed E-state index contributed by atoms with van der Waals surface area (Å²) in [6, 6.07) is 7.53. The Morgan fingerprint density at radius 1 is 1.13 bits per heavy atom. The van der Waals surface area contributed by atoms with Gasteiger partial charge >= 0.3 is 0 Å². The van der Waals surface area contributed by atoms with Crippen LogP contribution in [0.3, 0.4) is 0 Å². The number of sulfonamides is 1. The molecule has 0 saturated heterocycles. The molecule has 0 amide bonds. The van der Waals surface area contributed by atoms with Gasteiger partial charge in [-0.25, -0.2) is 8.42 Å². The number of hydrogen-bond acceptors (Lipinski definition) is 4. The van der Waals surface area contributed by atoms with Crippen LogP contribution in [0.25, 0.3) is 0 Å². The predicted molar refractivity (Wildman–Crippen MR) is 93.9 cm³/mol. The fourth-order valence-electron chi connectivity index (χ4n) is 2.64. The molecule has 0 heterocycles. The van der Waals surface area contributed by atoms with Gasteiger partial charge in [0, 0.05) is 31.8 Å². The molecule has 0 unspecified atom stereocenters. The van der Waals surface area contributed by atoms with E-state index >= 15 is 0 Å². The van der Waals surface area contributed by atoms with Gasteiger partial charge in [0.2, 0.25) is 10.0 Å². The molecule has 132 valence electrons. The van der Waals surface area contributed by atoms with E-state index in [0.29, 0.717) is 24.0 Å². The van der Waals surface area contributed by atoms with Gasteiger partial charge in [-0.15, -0.1) is 0 Å². The van der Waals surface area contributed by atoms with Crippen molar-refractivity contribution in [1.82, 2.24) is 9.62 Å². The van der Waals surface area contributed by atoms with Crippen molar-refractivity contribution in [3.8, 4) is 0 Å². The number of benzene rings is 1. The number of aliphatic hydroxyl groups excluding tert-OH is 1. The van der Waals surface area contributed by atoms with Crippen molar-refractivity contribution in [2.24, 2.45) is 0 Å². The lowest BCUT2D eigenvalue weighted by Gasteiger charge is -2.21. The molecule has 1 rings (SSSR count). The molecular weight excluding hydrogens is 312 g/mol. The summed E-state index contributed by atoms with van der Waals surface area (Å²) < 4.78 is 26.4. The molecule has 0 aliphatic carbocycles. The Hall–Kier alpha value is -0.950. The number of nitrogens with zero attached hydrogens (tertiary/aromatic N) is 1. The summed E-state index contributed by atoms with van der Waals surface area (Å²) in [7, 11) is -3.39. The molecule has 1 aromatic rings. The molecule has 0 saturated carbocycles. The van der Waals surface area contributed by atoms with Crippen LogP contribution >= 0.6 is 0 Å². The Bertz CT molecular complexity index is 554. The Balaban J connectivity index is 2.80. The van der Waals surface area contributed by atoms with Crippen LogP contribution in [-0.2, 0) is 10.0 Å². The van der Waals surface area contributed by atoms with Gasteiger partial charge in [-0.3, -0.25) is 0 Å². The summed E-state index contributed by atoms with van der Waals surface area (Å²) in [6.07, 6.45) is 1.69. The first-order valence-electron chi connectivity index (χ1n) is 8.33. The zero-order chi connectivity index (χ0) is 17.5. The average Bonchev–Trinajstić information content (AvgIpc) is 2.53. The average molecular weight is 343 g/mol. The van der Waals surface area contributed by atoms with Gasteiger partial charge in [0.15, 0.2) is 0 Å². The molecular formula is C17H30N2O3S. The van der Waals surface area contributed by atoms with E-state index in [1.807, 2.05) is 26.0 Å². The molecule has 5 nitrogen and oxygen atoms in total. The molecule has 0 aliphatic heterocycles. The third kappa shape index (κ3) is 5.57. The van der Waals surface area contributed by atoms with E-state index in [4.69, 9.17) is 5.11 Å². The first kappa shape index (κ1) is 20.1. The van der Waals surface area contributed by atoms with Crippen LogP contribution in [-0.4, -0.2) is 43.6 Å². The molecule has 0 fully saturated rings. The van der Waals surface area contributed by atoms with Crippen LogP contribution in [0, 0.1) is 0 Å². The minimum absolute atomic E-state index is 0.133. The highest BCUT2D eigenvalue weighted by molar-refractivity contribution is 7.89. The third-order valence-electron chi connectivity index (χ3n) is 4.05. The summed E-state index contributed by atoms with van der Waals surface area (Å²) in [6.45, 7) is 8.99. The van der Waals surface area contributed by atoms with E-state index in [0.717, 1.165) is 18.4 Å². The number of aliphatic hydroxyl groups is 1. The van der Waals surface area contributed by atoms with Crippen molar-refractivity contribution in [1.29, 1.82) is 0 Å². The molecule has 6 heteroatoms. The summed E-state index contributed by atoms with van der Waals surface area (Å²) in [5.74, 6) is 0. The van der Waals surface area contributed by atoms with Crippen molar-refractivity contribution in [3.63, 3.8) is 0 Å². The lowest BCUT2D eigenvalue weighted by molar-refractivity contribution is 0.274. The highest BCUT2D eigenvalue weighted by atomic mass is 32.2. The molecule has 1 aromatic carbocycles. The van der Waals surface area contributed by atoms with Crippen molar-refractivity contribution >= 4 is 10.0 Å². The molecule has 0 radical (unpaired) electrons. The maximum absolute atomic E-state index is 12.5. The SMILES string of the molecule is CCN(CC)S(=O)(=O)c1ccc([C@H](C)N[C@H](C)CCCO)cc1. The van der Waals surface area contributed by atoms with Gasteiger partial charge in [0.1, 0.15) is 0 Å². The first-order chi connectivity index (χ1) is 10.9. The van der Waals surface area contributed by atoms with Gasteiger partial charge in [-0.05, 0) is 44.4 Å². The van der Waals surface area contributed by atoms with E-state index in [1.165, 1.54) is 4.31 Å². The van der Waals surface area contributed by atoms with Gasteiger partial charge in [-0.1, -0.05) is 26.0 Å². The Morgan fingerprint density at radius 2 is 1.70 bits per heavy atom. The van der Waals surface area contributed by atoms with Crippen molar-refractivity contribution in [2.45, 2.75) is 57.5 Å². The van der Waals surface area contributed by atoms with Crippen molar-refractivity contribution < 1.29 is 13.5 Å². The first-order valence-corrected chi connectivity index (χ1v) is 9.77. The van der Waals surface area contributed by atoms with Crippen molar-refractivity contribution in [2.75, 3.05) is 19.7 Å². The second kappa shape index (κ2) is 9.37. The molecule has 0 bridgehead atoms. The zero-order valence-corrected chi connectivity index (χ0v) is 15.4. The Kier molecular flexibility index (Phi) is 8.19. The molecule has 23 heavy (non-hydrogen) atoms. The monoisotopic (exact) mass is 342 g/mol. The second-order valence-electron chi connectivity index (χ2n) is 5.81. The van der Waals surface area contributed by atoms with E-state index < -0.39 is 10.0 Å². The van der Waals surface area contributed by atoms with Crippen LogP contribution in [0.1, 0.15) is 52.1 Å². The third-order valence-corrected chi connectivity index (χ3v) is 6.12. The van der Waals surface area contributed by atoms with E-state index in [2.05, 4.69) is 19.2 Å². The fraction of sp³-hybridized carbons (Fsp3) is 0.647. The molecule has 0 aliphatic rings. The number of nitrogens with one attached hydrogen (secondary N) is 1. The summed E-state index contributed by atoms with van der Waals surface area (Å²) in [5, 5.41) is 12.3. The summed E-state index contributed by atoms with van der Waals surface area (Å²) in [4.78, 5) is 0.338. The van der Waals surface area contributed by atoms with Crippen LogP contribution < -0.4 is 5.32 Å².